The third-order valence-corrected chi connectivity index (χ3v) is 14.9. The molecule has 6 nitrogen and oxygen atoms in total. The van der Waals surface area contributed by atoms with Gasteiger partial charge in [0.15, 0.2) is 6.10 Å². The molecule has 0 fully saturated rings. The fourth-order valence-electron chi connectivity index (χ4n) is 9.88. The normalized spacial score (nSPS) is 12.5. The van der Waals surface area contributed by atoms with Crippen molar-refractivity contribution >= 4 is 17.9 Å². The Morgan fingerprint density at radius 3 is 0.782 bits per heavy atom. The lowest BCUT2D eigenvalue weighted by Crippen LogP contribution is -2.30. The maximum Gasteiger partial charge on any atom is 0.306 e. The zero-order chi connectivity index (χ0) is 56.4. The first-order valence-electron chi connectivity index (χ1n) is 33.9. The van der Waals surface area contributed by atoms with E-state index in [0.29, 0.717) is 19.3 Å². The molecular weight excluding hydrogens is 961 g/mol. The highest BCUT2D eigenvalue weighted by Gasteiger charge is 2.19. The van der Waals surface area contributed by atoms with E-state index in [1.807, 2.05) is 0 Å². The summed E-state index contributed by atoms with van der Waals surface area (Å²) in [5.74, 6) is -0.877. The lowest BCUT2D eigenvalue weighted by Gasteiger charge is -2.18. The largest absolute Gasteiger partial charge is 0.462 e. The van der Waals surface area contributed by atoms with E-state index in [0.717, 1.165) is 109 Å². The first-order chi connectivity index (χ1) is 38.5. The first kappa shape index (κ1) is 74.8. The molecule has 0 aromatic heterocycles. The first-order valence-corrected chi connectivity index (χ1v) is 33.9. The Hall–Kier alpha value is -3.15. The molecule has 0 saturated heterocycles. The number of hydrogen-bond donors (Lipinski definition) is 0. The van der Waals surface area contributed by atoms with Crippen molar-refractivity contribution in [1.82, 2.24) is 0 Å². The van der Waals surface area contributed by atoms with Gasteiger partial charge < -0.3 is 14.2 Å². The van der Waals surface area contributed by atoms with Crippen molar-refractivity contribution in [3.8, 4) is 0 Å². The second-order valence-electron chi connectivity index (χ2n) is 22.7. The van der Waals surface area contributed by atoms with E-state index in [1.54, 1.807) is 0 Å². The Balaban J connectivity index is 4.18. The molecule has 0 aromatic carbocycles. The molecule has 0 aliphatic carbocycles. The molecule has 1 unspecified atom stereocenters. The minimum atomic E-state index is -0.783. The van der Waals surface area contributed by atoms with Gasteiger partial charge in [0.25, 0.3) is 0 Å². The summed E-state index contributed by atoms with van der Waals surface area (Å²) in [4.78, 5) is 38.3. The lowest BCUT2D eigenvalue weighted by molar-refractivity contribution is -0.167. The highest BCUT2D eigenvalue weighted by atomic mass is 16.6. The van der Waals surface area contributed by atoms with Gasteiger partial charge in [0.05, 0.1) is 0 Å². The van der Waals surface area contributed by atoms with Gasteiger partial charge in [-0.25, -0.2) is 0 Å². The van der Waals surface area contributed by atoms with E-state index in [4.69, 9.17) is 14.2 Å². The molecule has 0 heterocycles. The summed E-state index contributed by atoms with van der Waals surface area (Å²) >= 11 is 0. The summed E-state index contributed by atoms with van der Waals surface area (Å²) in [5.41, 5.74) is 0. The van der Waals surface area contributed by atoms with Crippen LogP contribution in [0.15, 0.2) is 72.9 Å². The average molecular weight is 1090 g/mol. The van der Waals surface area contributed by atoms with Gasteiger partial charge in [-0.2, -0.15) is 0 Å². The molecule has 0 rings (SSSR count). The second kappa shape index (κ2) is 66.4. The number of unbranched alkanes of at least 4 members (excludes halogenated alkanes) is 39. The molecule has 0 bridgehead atoms. The van der Waals surface area contributed by atoms with Gasteiger partial charge in [-0.1, -0.05) is 312 Å². The number of esters is 3. The van der Waals surface area contributed by atoms with E-state index in [1.165, 1.54) is 199 Å². The fourth-order valence-corrected chi connectivity index (χ4v) is 9.88. The predicted molar refractivity (Wildman–Crippen MR) is 339 cm³/mol. The van der Waals surface area contributed by atoms with Crippen molar-refractivity contribution in [2.24, 2.45) is 0 Å². The van der Waals surface area contributed by atoms with Crippen molar-refractivity contribution in [2.45, 2.75) is 354 Å². The van der Waals surface area contributed by atoms with Crippen molar-refractivity contribution < 1.29 is 28.6 Å². The summed E-state index contributed by atoms with van der Waals surface area (Å²) in [7, 11) is 0. The van der Waals surface area contributed by atoms with Crippen LogP contribution in [-0.2, 0) is 28.6 Å². The van der Waals surface area contributed by atoms with Gasteiger partial charge in [-0.15, -0.1) is 0 Å². The molecule has 0 radical (unpaired) electrons. The van der Waals surface area contributed by atoms with Gasteiger partial charge >= 0.3 is 17.9 Å². The topological polar surface area (TPSA) is 78.9 Å². The number of rotatable bonds is 62. The Labute approximate surface area is 484 Å². The SMILES string of the molecule is CC/C=C\C/C=C\C/C=C\CCCCCCCC(=O)OC(COC(=O)CCCCCCCCCCCCCCCC)COC(=O)CCCCCCCCCCCCCCCCCC/C=C\C/C=C\C/C=C\CCCCCCC. The number of hydrogen-bond acceptors (Lipinski definition) is 6. The van der Waals surface area contributed by atoms with E-state index >= 15 is 0 Å². The van der Waals surface area contributed by atoms with Crippen LogP contribution in [0.5, 0.6) is 0 Å². The number of carbonyl (C=O) groups is 3. The second-order valence-corrected chi connectivity index (χ2v) is 22.7. The molecule has 0 aliphatic heterocycles. The van der Waals surface area contributed by atoms with Crippen LogP contribution in [0.2, 0.25) is 0 Å². The molecule has 0 amide bonds. The molecule has 0 aromatic rings. The summed E-state index contributed by atoms with van der Waals surface area (Å²) in [6, 6.07) is 0. The predicted octanol–water partition coefficient (Wildman–Crippen LogP) is 23.3. The van der Waals surface area contributed by atoms with Crippen molar-refractivity contribution in [2.75, 3.05) is 13.2 Å². The Morgan fingerprint density at radius 1 is 0.269 bits per heavy atom. The monoisotopic (exact) mass is 1090 g/mol. The zero-order valence-electron chi connectivity index (χ0n) is 51.9. The number of ether oxygens (including phenoxy) is 3. The molecule has 0 N–H and O–H groups in total. The van der Waals surface area contributed by atoms with E-state index in [-0.39, 0.29) is 31.1 Å². The van der Waals surface area contributed by atoms with Crippen LogP contribution in [0.4, 0.5) is 0 Å². The number of allylic oxidation sites excluding steroid dienone is 12. The third-order valence-electron chi connectivity index (χ3n) is 14.9. The Bertz CT molecular complexity index is 1440. The molecule has 0 spiro atoms. The summed E-state index contributed by atoms with van der Waals surface area (Å²) in [6.07, 6.45) is 86.4. The van der Waals surface area contributed by atoms with Crippen LogP contribution >= 0.6 is 0 Å². The fraction of sp³-hybridized carbons (Fsp3) is 0.792. The van der Waals surface area contributed by atoms with Crippen LogP contribution in [0.3, 0.4) is 0 Å². The third kappa shape index (κ3) is 63.7. The van der Waals surface area contributed by atoms with Crippen LogP contribution < -0.4 is 0 Å². The summed E-state index contributed by atoms with van der Waals surface area (Å²) in [5, 5.41) is 0. The van der Waals surface area contributed by atoms with E-state index < -0.39 is 6.10 Å². The maximum atomic E-state index is 12.9. The quantitative estimate of drug-likeness (QED) is 0.0261. The van der Waals surface area contributed by atoms with Crippen molar-refractivity contribution in [3.05, 3.63) is 72.9 Å². The minimum Gasteiger partial charge on any atom is -0.462 e. The van der Waals surface area contributed by atoms with Gasteiger partial charge in [0.1, 0.15) is 13.2 Å². The Morgan fingerprint density at radius 2 is 0.500 bits per heavy atom. The van der Waals surface area contributed by atoms with Gasteiger partial charge in [0.2, 0.25) is 0 Å². The van der Waals surface area contributed by atoms with Gasteiger partial charge in [0, 0.05) is 19.3 Å². The average Bonchev–Trinajstić information content (AvgIpc) is 3.44. The van der Waals surface area contributed by atoms with Crippen LogP contribution in [0, 0.1) is 0 Å². The molecule has 452 valence electrons. The van der Waals surface area contributed by atoms with Gasteiger partial charge in [-0.05, 0) is 89.9 Å². The molecule has 6 heteroatoms. The van der Waals surface area contributed by atoms with Crippen molar-refractivity contribution in [3.63, 3.8) is 0 Å². The number of carbonyl (C=O) groups excluding carboxylic acids is 3. The highest BCUT2D eigenvalue weighted by molar-refractivity contribution is 5.71. The zero-order valence-corrected chi connectivity index (χ0v) is 51.9. The minimum absolute atomic E-state index is 0.0782. The lowest BCUT2D eigenvalue weighted by atomic mass is 10.0. The molecule has 0 saturated carbocycles. The molecular formula is C72H128O6. The standard InChI is InChI=1S/C72H128O6/c1-4-7-10-13-16-19-22-25-28-29-30-31-32-33-34-35-36-37-38-39-40-41-42-43-45-47-50-53-56-59-62-65-71(74)77-68-69(67-76-70(73)64-61-58-55-52-49-46-27-24-21-18-15-12-9-6-3)78-72(75)66-63-60-57-54-51-48-44-26-23-20-17-14-11-8-5-2/h8,11,17,20,22,25-26,29-30,32-33,44,69H,4-7,9-10,12-16,18-19,21,23-24,27-28,31,34-43,45-68H2,1-3H3/b11-8-,20-17-,25-22-,30-29-,33-32-,44-26-. The van der Waals surface area contributed by atoms with Crippen LogP contribution in [-0.4, -0.2) is 37.2 Å². The van der Waals surface area contributed by atoms with Crippen molar-refractivity contribution in [1.29, 1.82) is 0 Å². The van der Waals surface area contributed by atoms with E-state index in [9.17, 15) is 14.4 Å². The highest BCUT2D eigenvalue weighted by Crippen LogP contribution is 2.17. The van der Waals surface area contributed by atoms with Gasteiger partial charge in [-0.3, -0.25) is 14.4 Å². The molecule has 78 heavy (non-hydrogen) atoms. The smallest absolute Gasteiger partial charge is 0.306 e. The van der Waals surface area contributed by atoms with Crippen LogP contribution in [0.1, 0.15) is 348 Å². The Kier molecular flexibility index (Phi) is 63.7. The molecule has 1 atom stereocenters. The van der Waals surface area contributed by atoms with E-state index in [2.05, 4.69) is 93.7 Å². The maximum absolute atomic E-state index is 12.9. The summed E-state index contributed by atoms with van der Waals surface area (Å²) in [6.45, 7) is 6.55. The molecule has 0 aliphatic rings. The summed E-state index contributed by atoms with van der Waals surface area (Å²) < 4.78 is 16.9. The van der Waals surface area contributed by atoms with Crippen LogP contribution in [0.25, 0.3) is 0 Å².